The number of nitrogens with zero attached hydrogens (tertiary/aromatic N) is 4. The van der Waals surface area contributed by atoms with Crippen molar-refractivity contribution in [3.8, 4) is 0 Å². The van der Waals surface area contributed by atoms with E-state index in [0.29, 0.717) is 25.6 Å². The zero-order valence-corrected chi connectivity index (χ0v) is 19.0. The average Bonchev–Trinajstić information content (AvgIpc) is 3.11. The van der Waals surface area contributed by atoms with Crippen molar-refractivity contribution in [1.82, 2.24) is 14.9 Å². The number of aromatic nitrogens is 2. The van der Waals surface area contributed by atoms with E-state index in [1.807, 2.05) is 30.1 Å². The molecule has 1 aliphatic carbocycles. The number of ether oxygens (including phenoxy) is 1. The lowest BCUT2D eigenvalue weighted by atomic mass is 9.94. The molecule has 6 nitrogen and oxygen atoms in total. The molecule has 0 aromatic carbocycles. The zero-order chi connectivity index (χ0) is 20.6. The number of anilines is 1. The van der Waals surface area contributed by atoms with Gasteiger partial charge in [0.25, 0.3) is 0 Å². The smallest absolute Gasteiger partial charge is 0.229 e. The Morgan fingerprint density at radius 1 is 1.17 bits per heavy atom. The summed E-state index contributed by atoms with van der Waals surface area (Å²) in [6.45, 7) is 7.16. The molecule has 8 heteroatoms. The Bertz CT molecular complexity index is 906. The van der Waals surface area contributed by atoms with Gasteiger partial charge in [-0.15, -0.1) is 22.9 Å². The molecule has 29 heavy (non-hydrogen) atoms. The normalized spacial score (nSPS) is 17.7. The third kappa shape index (κ3) is 3.97. The highest BCUT2D eigenvalue weighted by Crippen LogP contribution is 2.40. The van der Waals surface area contributed by atoms with E-state index in [0.717, 1.165) is 42.4 Å². The van der Waals surface area contributed by atoms with E-state index in [1.165, 1.54) is 28.7 Å². The van der Waals surface area contributed by atoms with Gasteiger partial charge in [0.15, 0.2) is 5.82 Å². The van der Waals surface area contributed by atoms with Crippen molar-refractivity contribution in [2.75, 3.05) is 44.1 Å². The molecule has 0 N–H and O–H groups in total. The molecule has 0 unspecified atom stereocenters. The van der Waals surface area contributed by atoms with Gasteiger partial charge < -0.3 is 14.5 Å². The summed E-state index contributed by atoms with van der Waals surface area (Å²) in [6.07, 6.45) is 4.74. The molecule has 0 saturated carbocycles. The molecule has 0 spiro atoms. The van der Waals surface area contributed by atoms with Gasteiger partial charge in [0.05, 0.1) is 10.8 Å². The first-order valence-electron chi connectivity index (χ1n) is 10.3. The second kappa shape index (κ2) is 8.36. The first-order chi connectivity index (χ1) is 13.9. The molecule has 0 atom stereocenters. The fraction of sp³-hybridized carbons (Fsp3) is 0.667. The first-order valence-corrected chi connectivity index (χ1v) is 11.7. The molecular formula is C21H29ClN4O2S. The number of piperazine rings is 1. The van der Waals surface area contributed by atoms with Gasteiger partial charge in [-0.05, 0) is 45.1 Å². The maximum atomic E-state index is 12.8. The number of hydrogen-bond donors (Lipinski definition) is 0. The Hall–Kier alpha value is -1.44. The maximum absolute atomic E-state index is 12.8. The minimum atomic E-state index is -0.524. The predicted molar refractivity (Wildman–Crippen MR) is 118 cm³/mol. The molecule has 1 saturated heterocycles. The zero-order valence-electron chi connectivity index (χ0n) is 17.5. The summed E-state index contributed by atoms with van der Waals surface area (Å²) in [4.78, 5) is 29.3. The summed E-state index contributed by atoms with van der Waals surface area (Å²) in [5, 5.41) is 1.23. The van der Waals surface area contributed by atoms with E-state index >= 15 is 0 Å². The van der Waals surface area contributed by atoms with Crippen LogP contribution in [0.3, 0.4) is 0 Å². The molecule has 2 aromatic rings. The number of halogens is 1. The van der Waals surface area contributed by atoms with E-state index in [-0.39, 0.29) is 5.91 Å². The third-order valence-electron chi connectivity index (χ3n) is 5.89. The van der Waals surface area contributed by atoms with Crippen molar-refractivity contribution in [1.29, 1.82) is 0 Å². The van der Waals surface area contributed by atoms with Crippen LogP contribution in [0, 0.1) is 5.41 Å². The van der Waals surface area contributed by atoms with Crippen LogP contribution in [0.15, 0.2) is 0 Å². The number of rotatable bonds is 5. The van der Waals surface area contributed by atoms with E-state index in [9.17, 15) is 4.79 Å². The van der Waals surface area contributed by atoms with Gasteiger partial charge in [-0.25, -0.2) is 9.97 Å². The maximum Gasteiger partial charge on any atom is 0.229 e. The van der Waals surface area contributed by atoms with Crippen molar-refractivity contribution in [2.24, 2.45) is 5.41 Å². The number of fused-ring (bicyclic) bond motifs is 3. The fourth-order valence-corrected chi connectivity index (χ4v) is 5.60. The van der Waals surface area contributed by atoms with Gasteiger partial charge in [0.1, 0.15) is 17.3 Å². The third-order valence-corrected chi connectivity index (χ3v) is 7.75. The summed E-state index contributed by atoms with van der Waals surface area (Å²) in [6, 6.07) is 0. The number of amides is 1. The molecule has 0 radical (unpaired) electrons. The van der Waals surface area contributed by atoms with Gasteiger partial charge in [-0.3, -0.25) is 4.79 Å². The van der Waals surface area contributed by atoms with Gasteiger partial charge in [-0.1, -0.05) is 0 Å². The molecule has 2 aliphatic rings. The summed E-state index contributed by atoms with van der Waals surface area (Å²) in [5.74, 6) is 2.22. The first kappa shape index (κ1) is 20.8. The van der Waals surface area contributed by atoms with Crippen LogP contribution in [0.1, 0.15) is 43.0 Å². The Labute approximate surface area is 181 Å². The van der Waals surface area contributed by atoms with Crippen LogP contribution in [0.5, 0.6) is 0 Å². The summed E-state index contributed by atoms with van der Waals surface area (Å²) in [5.41, 5.74) is 0.918. The van der Waals surface area contributed by atoms with Crippen molar-refractivity contribution >= 4 is 44.9 Å². The Morgan fingerprint density at radius 3 is 2.59 bits per heavy atom. The molecule has 1 aliphatic heterocycles. The summed E-state index contributed by atoms with van der Waals surface area (Å²) >= 11 is 7.83. The topological polar surface area (TPSA) is 58.6 Å². The highest BCUT2D eigenvalue weighted by atomic mass is 35.5. The van der Waals surface area contributed by atoms with Crippen molar-refractivity contribution in [3.05, 3.63) is 16.3 Å². The van der Waals surface area contributed by atoms with Crippen LogP contribution in [0.25, 0.3) is 10.2 Å². The Balaban J connectivity index is 1.64. The number of carbonyl (C=O) groups excluding carboxylic acids is 1. The Morgan fingerprint density at radius 2 is 1.90 bits per heavy atom. The summed E-state index contributed by atoms with van der Waals surface area (Å²) < 4.78 is 5.32. The van der Waals surface area contributed by atoms with Gasteiger partial charge >= 0.3 is 0 Å². The highest BCUT2D eigenvalue weighted by Gasteiger charge is 2.34. The minimum Gasteiger partial charge on any atom is -0.377 e. The highest BCUT2D eigenvalue weighted by molar-refractivity contribution is 7.19. The molecule has 3 heterocycles. The molecule has 2 aromatic heterocycles. The largest absolute Gasteiger partial charge is 0.377 e. The number of methoxy groups -OCH3 is 1. The van der Waals surface area contributed by atoms with Crippen molar-refractivity contribution in [2.45, 2.75) is 46.1 Å². The molecule has 1 amide bonds. The number of alkyl halides is 1. The van der Waals surface area contributed by atoms with Crippen LogP contribution >= 0.6 is 22.9 Å². The summed E-state index contributed by atoms with van der Waals surface area (Å²) in [7, 11) is 1.68. The van der Waals surface area contributed by atoms with E-state index in [1.54, 1.807) is 7.11 Å². The standard InChI is InChI=1S/C21H29ClN4O2S/c1-21(2,13-22)20(27)26-10-8-25(9-11-26)18-17-14-6-4-5-7-15(14)29-19(17)24-16(23-18)12-28-3/h4-13H2,1-3H3. The molecule has 0 bridgehead atoms. The fourth-order valence-electron chi connectivity index (χ4n) is 4.21. The van der Waals surface area contributed by atoms with Gasteiger partial charge in [0, 0.05) is 44.0 Å². The van der Waals surface area contributed by atoms with E-state index in [4.69, 9.17) is 26.3 Å². The predicted octanol–water partition coefficient (Wildman–Crippen LogP) is 3.63. The van der Waals surface area contributed by atoms with Crippen molar-refractivity contribution < 1.29 is 9.53 Å². The van der Waals surface area contributed by atoms with E-state index in [2.05, 4.69) is 4.90 Å². The van der Waals surface area contributed by atoms with Crippen LogP contribution in [0.4, 0.5) is 5.82 Å². The number of thiophene rings is 1. The molecule has 4 rings (SSSR count). The average molecular weight is 437 g/mol. The monoisotopic (exact) mass is 436 g/mol. The van der Waals surface area contributed by atoms with Crippen LogP contribution in [-0.4, -0.2) is 59.9 Å². The lowest BCUT2D eigenvalue weighted by Crippen LogP contribution is -2.52. The quantitative estimate of drug-likeness (QED) is 0.670. The molecule has 1 fully saturated rings. The number of carbonyl (C=O) groups is 1. The second-order valence-corrected chi connectivity index (χ2v) is 9.94. The Kier molecular flexibility index (Phi) is 6.00. The molecule has 158 valence electrons. The van der Waals surface area contributed by atoms with Crippen LogP contribution in [-0.2, 0) is 29.0 Å². The number of hydrogen-bond acceptors (Lipinski definition) is 6. The van der Waals surface area contributed by atoms with Crippen LogP contribution < -0.4 is 4.90 Å². The number of aryl methyl sites for hydroxylation is 2. The van der Waals surface area contributed by atoms with E-state index < -0.39 is 5.41 Å². The van der Waals surface area contributed by atoms with Gasteiger partial charge in [-0.2, -0.15) is 0 Å². The van der Waals surface area contributed by atoms with Gasteiger partial charge in [0.2, 0.25) is 5.91 Å². The second-order valence-electron chi connectivity index (χ2n) is 8.58. The molecular weight excluding hydrogens is 408 g/mol. The minimum absolute atomic E-state index is 0.132. The van der Waals surface area contributed by atoms with Crippen LogP contribution in [0.2, 0.25) is 0 Å². The van der Waals surface area contributed by atoms with Crippen molar-refractivity contribution in [3.63, 3.8) is 0 Å². The lowest BCUT2D eigenvalue weighted by Gasteiger charge is -2.39. The lowest BCUT2D eigenvalue weighted by molar-refractivity contribution is -0.139. The SMILES string of the molecule is COCc1nc(N2CCN(C(=O)C(C)(C)CCl)CC2)c2c3c(sc2n1)CCCC3.